The number of carbonyl (C=O) groups excluding carboxylic acids is 2. The van der Waals surface area contributed by atoms with Gasteiger partial charge in [0.05, 0.1) is 16.9 Å². The molecule has 1 heterocycles. The number of ether oxygens (including phenoxy) is 1. The van der Waals surface area contributed by atoms with E-state index in [0.717, 1.165) is 21.2 Å². The number of hydrazine groups is 1. The van der Waals surface area contributed by atoms with Crippen molar-refractivity contribution >= 4 is 67.8 Å². The van der Waals surface area contributed by atoms with Gasteiger partial charge in [0, 0.05) is 16.1 Å². The first-order chi connectivity index (χ1) is 13.8. The zero-order chi connectivity index (χ0) is 21.1. The van der Waals surface area contributed by atoms with Crippen molar-refractivity contribution in [3.05, 3.63) is 73.1 Å². The van der Waals surface area contributed by atoms with Gasteiger partial charge >= 0.3 is 5.69 Å². The zero-order valence-electron chi connectivity index (χ0n) is 14.7. The summed E-state index contributed by atoms with van der Waals surface area (Å²) in [5, 5.41) is 12.1. The molecule has 148 valence electrons. The Hall–Kier alpha value is -2.76. The normalized spacial score (nSPS) is 15.0. The predicted molar refractivity (Wildman–Crippen MR) is 116 cm³/mol. The van der Waals surface area contributed by atoms with E-state index in [9.17, 15) is 19.7 Å². The number of benzene rings is 2. The molecule has 1 N–H and O–H groups in total. The van der Waals surface area contributed by atoms with Crippen LogP contribution in [0.4, 0.5) is 5.69 Å². The molecule has 0 radical (unpaired) electrons. The van der Waals surface area contributed by atoms with Gasteiger partial charge in [0.15, 0.2) is 10.1 Å². The Morgan fingerprint density at radius 2 is 2.00 bits per heavy atom. The lowest BCUT2D eigenvalue weighted by atomic mass is 10.1. The lowest BCUT2D eigenvalue weighted by Crippen LogP contribution is -2.44. The monoisotopic (exact) mass is 493 g/mol. The van der Waals surface area contributed by atoms with Gasteiger partial charge in [-0.15, -0.1) is 0 Å². The minimum absolute atomic E-state index is 0.112. The number of carbonyl (C=O) groups is 2. The van der Waals surface area contributed by atoms with Crippen LogP contribution in [0.25, 0.3) is 6.08 Å². The van der Waals surface area contributed by atoms with E-state index in [-0.39, 0.29) is 20.7 Å². The van der Waals surface area contributed by atoms with Gasteiger partial charge in [0.25, 0.3) is 11.8 Å². The first kappa shape index (κ1) is 21.0. The van der Waals surface area contributed by atoms with Crippen LogP contribution in [0, 0.1) is 10.1 Å². The summed E-state index contributed by atoms with van der Waals surface area (Å²) in [6.45, 7) is 0. The third kappa shape index (κ3) is 4.63. The van der Waals surface area contributed by atoms with E-state index in [1.807, 2.05) is 0 Å². The topological polar surface area (TPSA) is 102 Å². The lowest BCUT2D eigenvalue weighted by Gasteiger charge is -2.15. The number of thiocarbonyl (C=S) groups is 1. The molecule has 2 aromatic carbocycles. The highest BCUT2D eigenvalue weighted by Gasteiger charge is 2.34. The Labute approximate surface area is 183 Å². The van der Waals surface area contributed by atoms with Gasteiger partial charge in [0.1, 0.15) is 0 Å². The molecule has 0 atom stereocenters. The first-order valence-corrected chi connectivity index (χ1v) is 9.99. The molecule has 0 spiro atoms. The highest BCUT2D eigenvalue weighted by molar-refractivity contribution is 9.10. The van der Waals surface area contributed by atoms with Gasteiger partial charge in [-0.05, 0) is 54.2 Å². The second-order valence-electron chi connectivity index (χ2n) is 5.65. The summed E-state index contributed by atoms with van der Waals surface area (Å²) < 4.78 is 5.93. The molecule has 1 fully saturated rings. The Kier molecular flexibility index (Phi) is 6.30. The van der Waals surface area contributed by atoms with Crippen molar-refractivity contribution in [1.29, 1.82) is 0 Å². The van der Waals surface area contributed by atoms with E-state index >= 15 is 0 Å². The number of rotatable bonds is 5. The van der Waals surface area contributed by atoms with Gasteiger partial charge in [-0.2, -0.15) is 5.01 Å². The summed E-state index contributed by atoms with van der Waals surface area (Å²) in [7, 11) is 1.33. The molecule has 8 nitrogen and oxygen atoms in total. The standard InChI is InChI=1S/C18H12BrN3O5S2/c1-27-14-7-2-10(8-13(14)22(25)26)9-15-17(24)21(18(28)29-15)20-16(23)11-3-5-12(19)6-4-11/h2-9H,1H3,(H,20,23)/b15-9-. The van der Waals surface area contributed by atoms with Crippen LogP contribution >= 0.6 is 39.9 Å². The maximum Gasteiger partial charge on any atom is 0.311 e. The summed E-state index contributed by atoms with van der Waals surface area (Å²) >= 11 is 9.46. The van der Waals surface area contributed by atoms with Gasteiger partial charge in [-0.3, -0.25) is 25.1 Å². The summed E-state index contributed by atoms with van der Waals surface area (Å²) in [4.78, 5) is 35.8. The van der Waals surface area contributed by atoms with Crippen LogP contribution < -0.4 is 10.2 Å². The van der Waals surface area contributed by atoms with Crippen molar-refractivity contribution in [2.45, 2.75) is 0 Å². The number of amides is 2. The fourth-order valence-electron chi connectivity index (χ4n) is 2.42. The average Bonchev–Trinajstić information content (AvgIpc) is 2.95. The number of halogens is 1. The lowest BCUT2D eigenvalue weighted by molar-refractivity contribution is -0.385. The van der Waals surface area contributed by atoms with Crippen LogP contribution in [-0.4, -0.2) is 33.2 Å². The molecule has 2 amide bonds. The fourth-order valence-corrected chi connectivity index (χ4v) is 3.87. The Morgan fingerprint density at radius 3 is 2.62 bits per heavy atom. The molecule has 3 rings (SSSR count). The van der Waals surface area contributed by atoms with E-state index in [4.69, 9.17) is 17.0 Å². The van der Waals surface area contributed by atoms with Crippen LogP contribution in [0.2, 0.25) is 0 Å². The molecular formula is C18H12BrN3O5S2. The number of nitrogens with one attached hydrogen (secondary N) is 1. The quantitative estimate of drug-likeness (QED) is 0.291. The number of nitrogens with zero attached hydrogens (tertiary/aromatic N) is 2. The average molecular weight is 494 g/mol. The number of hydrogen-bond acceptors (Lipinski definition) is 7. The van der Waals surface area contributed by atoms with Crippen molar-refractivity contribution in [3.63, 3.8) is 0 Å². The van der Waals surface area contributed by atoms with Crippen LogP contribution in [0.1, 0.15) is 15.9 Å². The number of thioether (sulfide) groups is 1. The van der Waals surface area contributed by atoms with Gasteiger partial charge < -0.3 is 4.74 Å². The van der Waals surface area contributed by atoms with Crippen LogP contribution in [0.15, 0.2) is 51.8 Å². The number of hydrogen-bond donors (Lipinski definition) is 1. The molecule has 0 bridgehead atoms. The van der Waals surface area contributed by atoms with E-state index < -0.39 is 16.7 Å². The molecule has 0 aliphatic carbocycles. The largest absolute Gasteiger partial charge is 0.490 e. The van der Waals surface area contributed by atoms with Gasteiger partial charge in [0.2, 0.25) is 0 Å². The second-order valence-corrected chi connectivity index (χ2v) is 8.24. The van der Waals surface area contributed by atoms with Crippen molar-refractivity contribution in [2.24, 2.45) is 0 Å². The minimum atomic E-state index is -0.570. The van der Waals surface area contributed by atoms with Crippen molar-refractivity contribution in [1.82, 2.24) is 10.4 Å². The maximum atomic E-state index is 12.7. The maximum absolute atomic E-state index is 12.7. The van der Waals surface area contributed by atoms with E-state index in [2.05, 4.69) is 21.4 Å². The molecule has 1 aliphatic rings. The van der Waals surface area contributed by atoms with Crippen molar-refractivity contribution < 1.29 is 19.2 Å². The highest BCUT2D eigenvalue weighted by Crippen LogP contribution is 2.34. The second kappa shape index (κ2) is 8.72. The van der Waals surface area contributed by atoms with Crippen LogP contribution in [0.5, 0.6) is 5.75 Å². The third-order valence-corrected chi connectivity index (χ3v) is 5.64. The van der Waals surface area contributed by atoms with E-state index in [0.29, 0.717) is 11.1 Å². The van der Waals surface area contributed by atoms with Gasteiger partial charge in [-0.25, -0.2) is 0 Å². The van der Waals surface area contributed by atoms with Gasteiger partial charge in [-0.1, -0.05) is 33.8 Å². The van der Waals surface area contributed by atoms with E-state index in [1.165, 1.54) is 25.3 Å². The van der Waals surface area contributed by atoms with Crippen LogP contribution in [0.3, 0.4) is 0 Å². The molecule has 0 unspecified atom stereocenters. The SMILES string of the molecule is COc1ccc(/C=C2\SC(=S)N(NC(=O)c3ccc(Br)cc3)C2=O)cc1[N+](=O)[O-]. The summed E-state index contributed by atoms with van der Waals surface area (Å²) in [6, 6.07) is 10.9. The predicted octanol–water partition coefficient (Wildman–Crippen LogP) is 3.91. The third-order valence-electron chi connectivity index (χ3n) is 3.81. The number of nitro groups is 1. The van der Waals surface area contributed by atoms with Crippen molar-refractivity contribution in [2.75, 3.05) is 7.11 Å². The first-order valence-electron chi connectivity index (χ1n) is 7.97. The molecule has 11 heteroatoms. The Morgan fingerprint density at radius 1 is 1.31 bits per heavy atom. The molecule has 1 saturated heterocycles. The smallest absolute Gasteiger partial charge is 0.311 e. The van der Waals surface area contributed by atoms with E-state index in [1.54, 1.807) is 30.3 Å². The minimum Gasteiger partial charge on any atom is -0.490 e. The molecule has 0 saturated carbocycles. The fraction of sp³-hybridized carbons (Fsp3) is 0.0556. The Balaban J connectivity index is 1.81. The molecular weight excluding hydrogens is 482 g/mol. The number of nitro benzene ring substituents is 1. The summed E-state index contributed by atoms with van der Waals surface area (Å²) in [5.41, 5.74) is 3.04. The summed E-state index contributed by atoms with van der Waals surface area (Å²) in [6.07, 6.45) is 1.47. The molecule has 1 aliphatic heterocycles. The van der Waals surface area contributed by atoms with Crippen LogP contribution in [-0.2, 0) is 4.79 Å². The zero-order valence-corrected chi connectivity index (χ0v) is 18.0. The van der Waals surface area contributed by atoms with Crippen molar-refractivity contribution in [3.8, 4) is 5.75 Å². The molecule has 29 heavy (non-hydrogen) atoms. The highest BCUT2D eigenvalue weighted by atomic mass is 79.9. The molecule has 0 aromatic heterocycles. The summed E-state index contributed by atoms with van der Waals surface area (Å²) in [5.74, 6) is -0.902. The Bertz CT molecular complexity index is 1060. The number of methoxy groups -OCH3 is 1. The molecule has 2 aromatic rings.